The fraction of sp³-hybridized carbons (Fsp3) is 0.750. The Morgan fingerprint density at radius 1 is 1.69 bits per heavy atom. The van der Waals surface area contributed by atoms with Gasteiger partial charge in [-0.2, -0.15) is 5.26 Å². The lowest BCUT2D eigenvalue weighted by Crippen LogP contribution is -2.37. The Bertz CT molecular complexity index is 188. The number of hydrogen-bond acceptors (Lipinski definition) is 4. The molecule has 0 saturated heterocycles. The number of nitrogens with two attached hydrogens (primary N) is 1. The molecule has 74 valence electrons. The van der Waals surface area contributed by atoms with Crippen LogP contribution in [0.3, 0.4) is 0 Å². The Hall–Kier alpha value is -1.12. The lowest BCUT2D eigenvalue weighted by Gasteiger charge is -2.12. The van der Waals surface area contributed by atoms with Crippen LogP contribution in [-0.2, 0) is 4.79 Å². The molecule has 5 heteroatoms. The topological polar surface area (TPSA) is 99.1 Å². The number of nitriles is 1. The van der Waals surface area contributed by atoms with E-state index in [-0.39, 0.29) is 0 Å². The standard InChI is InChI=1S/C8H15N3O2/c9-4-1-3-7(8(12)13)11-6-2-5-10/h7,11H,1-4,6,9H2,(H,12,13)/t7-/m0/s1. The Morgan fingerprint density at radius 2 is 2.38 bits per heavy atom. The van der Waals surface area contributed by atoms with E-state index in [1.807, 2.05) is 6.07 Å². The maximum absolute atomic E-state index is 10.6. The summed E-state index contributed by atoms with van der Waals surface area (Å²) in [5.41, 5.74) is 5.26. The first kappa shape index (κ1) is 11.9. The Kier molecular flexibility index (Phi) is 6.88. The number of carboxylic acids is 1. The highest BCUT2D eigenvalue weighted by Crippen LogP contribution is 1.96. The SMILES string of the molecule is N#CCCN[C@@H](CCCN)C(=O)O. The van der Waals surface area contributed by atoms with Gasteiger partial charge >= 0.3 is 5.97 Å². The van der Waals surface area contributed by atoms with Gasteiger partial charge in [0, 0.05) is 13.0 Å². The van der Waals surface area contributed by atoms with Crippen LogP contribution in [0.15, 0.2) is 0 Å². The van der Waals surface area contributed by atoms with Crippen molar-refractivity contribution in [3.05, 3.63) is 0 Å². The number of aliphatic carboxylic acids is 1. The van der Waals surface area contributed by atoms with E-state index in [1.165, 1.54) is 0 Å². The molecule has 0 bridgehead atoms. The summed E-state index contributed by atoms with van der Waals surface area (Å²) in [5.74, 6) is -0.883. The zero-order chi connectivity index (χ0) is 10.1. The second kappa shape index (κ2) is 7.53. The number of rotatable bonds is 7. The lowest BCUT2D eigenvalue weighted by molar-refractivity contribution is -0.139. The van der Waals surface area contributed by atoms with Crippen LogP contribution in [-0.4, -0.2) is 30.2 Å². The minimum Gasteiger partial charge on any atom is -0.480 e. The second-order valence-corrected chi connectivity index (χ2v) is 2.68. The first-order valence-corrected chi connectivity index (χ1v) is 4.25. The van der Waals surface area contributed by atoms with Gasteiger partial charge in [0.25, 0.3) is 0 Å². The van der Waals surface area contributed by atoms with Crippen LogP contribution in [0, 0.1) is 11.3 Å². The van der Waals surface area contributed by atoms with Crippen molar-refractivity contribution in [2.24, 2.45) is 5.73 Å². The summed E-state index contributed by atoms with van der Waals surface area (Å²) in [7, 11) is 0. The van der Waals surface area contributed by atoms with Gasteiger partial charge in [0.05, 0.1) is 6.07 Å². The van der Waals surface area contributed by atoms with Gasteiger partial charge in [0.15, 0.2) is 0 Å². The van der Waals surface area contributed by atoms with Crippen LogP contribution in [0.1, 0.15) is 19.3 Å². The van der Waals surface area contributed by atoms with Crippen LogP contribution < -0.4 is 11.1 Å². The van der Waals surface area contributed by atoms with Crippen LogP contribution in [0.25, 0.3) is 0 Å². The molecule has 13 heavy (non-hydrogen) atoms. The third kappa shape index (κ3) is 6.08. The molecule has 0 rings (SSSR count). The van der Waals surface area contributed by atoms with Gasteiger partial charge in [0.1, 0.15) is 6.04 Å². The van der Waals surface area contributed by atoms with Gasteiger partial charge < -0.3 is 16.2 Å². The zero-order valence-corrected chi connectivity index (χ0v) is 7.49. The van der Waals surface area contributed by atoms with Gasteiger partial charge in [0.2, 0.25) is 0 Å². The van der Waals surface area contributed by atoms with E-state index in [4.69, 9.17) is 16.1 Å². The average Bonchev–Trinajstić information content (AvgIpc) is 2.10. The van der Waals surface area contributed by atoms with E-state index in [9.17, 15) is 4.79 Å². The highest BCUT2D eigenvalue weighted by Gasteiger charge is 2.14. The third-order valence-corrected chi connectivity index (χ3v) is 1.62. The molecule has 0 aliphatic carbocycles. The normalized spacial score (nSPS) is 12.0. The molecule has 0 spiro atoms. The van der Waals surface area contributed by atoms with Gasteiger partial charge in [-0.15, -0.1) is 0 Å². The molecule has 5 nitrogen and oxygen atoms in total. The van der Waals surface area contributed by atoms with E-state index >= 15 is 0 Å². The summed E-state index contributed by atoms with van der Waals surface area (Å²) in [5, 5.41) is 19.7. The van der Waals surface area contributed by atoms with Crippen molar-refractivity contribution in [2.45, 2.75) is 25.3 Å². The summed E-state index contributed by atoms with van der Waals surface area (Å²) in [6.07, 6.45) is 1.51. The van der Waals surface area contributed by atoms with E-state index in [2.05, 4.69) is 5.32 Å². The zero-order valence-electron chi connectivity index (χ0n) is 7.49. The Labute approximate surface area is 77.5 Å². The first-order chi connectivity index (χ1) is 6.22. The number of carbonyl (C=O) groups is 1. The molecule has 0 saturated carbocycles. The van der Waals surface area contributed by atoms with Gasteiger partial charge in [-0.1, -0.05) is 0 Å². The summed E-state index contributed by atoms with van der Waals surface area (Å²) < 4.78 is 0. The minimum atomic E-state index is -0.883. The van der Waals surface area contributed by atoms with Gasteiger partial charge in [-0.05, 0) is 19.4 Å². The highest BCUT2D eigenvalue weighted by atomic mass is 16.4. The largest absolute Gasteiger partial charge is 0.480 e. The third-order valence-electron chi connectivity index (χ3n) is 1.62. The van der Waals surface area contributed by atoms with Crippen molar-refractivity contribution < 1.29 is 9.90 Å². The van der Waals surface area contributed by atoms with E-state index in [0.29, 0.717) is 32.4 Å². The van der Waals surface area contributed by atoms with E-state index < -0.39 is 12.0 Å². The molecule has 0 aromatic heterocycles. The first-order valence-electron chi connectivity index (χ1n) is 4.25. The molecule has 0 aliphatic rings. The molecule has 0 aliphatic heterocycles. The van der Waals surface area contributed by atoms with Crippen molar-refractivity contribution in [1.29, 1.82) is 5.26 Å². The number of hydrogen-bond donors (Lipinski definition) is 3. The van der Waals surface area contributed by atoms with Crippen molar-refractivity contribution in [3.8, 4) is 6.07 Å². The maximum atomic E-state index is 10.6. The monoisotopic (exact) mass is 185 g/mol. The fourth-order valence-electron chi connectivity index (χ4n) is 0.937. The predicted molar refractivity (Wildman–Crippen MR) is 47.9 cm³/mol. The van der Waals surface area contributed by atoms with Crippen molar-refractivity contribution in [3.63, 3.8) is 0 Å². The van der Waals surface area contributed by atoms with Crippen LogP contribution in [0.4, 0.5) is 0 Å². The smallest absolute Gasteiger partial charge is 0.320 e. The van der Waals surface area contributed by atoms with Gasteiger partial charge in [-0.25, -0.2) is 0 Å². The maximum Gasteiger partial charge on any atom is 0.320 e. The summed E-state index contributed by atoms with van der Waals surface area (Å²) in [6.45, 7) is 0.905. The van der Waals surface area contributed by atoms with E-state index in [0.717, 1.165) is 0 Å². The molecule has 1 atom stereocenters. The number of carboxylic acid groups (broad SMARTS) is 1. The van der Waals surface area contributed by atoms with Crippen LogP contribution in [0.2, 0.25) is 0 Å². The summed E-state index contributed by atoms with van der Waals surface area (Å²) in [4.78, 5) is 10.6. The van der Waals surface area contributed by atoms with Crippen LogP contribution in [0.5, 0.6) is 0 Å². The Balaban J connectivity index is 3.68. The van der Waals surface area contributed by atoms with Crippen LogP contribution >= 0.6 is 0 Å². The summed E-state index contributed by atoms with van der Waals surface area (Å²) >= 11 is 0. The molecule has 0 fully saturated rings. The Morgan fingerprint density at radius 3 is 2.85 bits per heavy atom. The second-order valence-electron chi connectivity index (χ2n) is 2.68. The molecular formula is C8H15N3O2. The summed E-state index contributed by atoms with van der Waals surface area (Å²) in [6, 6.07) is 1.37. The van der Waals surface area contributed by atoms with E-state index in [1.54, 1.807) is 0 Å². The highest BCUT2D eigenvalue weighted by molar-refractivity contribution is 5.73. The molecule has 0 amide bonds. The van der Waals surface area contributed by atoms with Crippen molar-refractivity contribution >= 4 is 5.97 Å². The van der Waals surface area contributed by atoms with Gasteiger partial charge in [-0.3, -0.25) is 4.79 Å². The fourth-order valence-corrected chi connectivity index (χ4v) is 0.937. The average molecular weight is 185 g/mol. The molecule has 0 heterocycles. The quantitative estimate of drug-likeness (QED) is 0.472. The molecule has 4 N–H and O–H groups in total. The van der Waals surface area contributed by atoms with Crippen molar-refractivity contribution in [2.75, 3.05) is 13.1 Å². The minimum absolute atomic E-state index is 0.326. The predicted octanol–water partition coefficient (Wildman–Crippen LogP) is -0.318. The molecule has 0 unspecified atom stereocenters. The lowest BCUT2D eigenvalue weighted by atomic mass is 10.1. The molecular weight excluding hydrogens is 170 g/mol. The number of nitrogens with one attached hydrogen (secondary N) is 1. The molecule has 0 aromatic rings. The molecule has 0 aromatic carbocycles. The van der Waals surface area contributed by atoms with Crippen molar-refractivity contribution in [1.82, 2.24) is 5.32 Å². The molecule has 0 radical (unpaired) electrons. The number of nitrogens with zero attached hydrogens (tertiary/aromatic N) is 1.